The molecule has 0 fully saturated rings. The van der Waals surface area contributed by atoms with Gasteiger partial charge in [0.1, 0.15) is 6.07 Å². The van der Waals surface area contributed by atoms with Crippen molar-refractivity contribution in [3.05, 3.63) is 32.4 Å². The summed E-state index contributed by atoms with van der Waals surface area (Å²) in [6, 6.07) is 2.31. The molecule has 0 atom stereocenters. The normalized spacial score (nSPS) is 12.4. The van der Waals surface area contributed by atoms with Crippen molar-refractivity contribution in [1.82, 2.24) is 0 Å². The highest BCUT2D eigenvalue weighted by atomic mass is 127. The summed E-state index contributed by atoms with van der Waals surface area (Å²) >= 11 is 1.38. The van der Waals surface area contributed by atoms with E-state index in [4.69, 9.17) is 5.26 Å². The maximum absolute atomic E-state index is 12.6. The predicted molar refractivity (Wildman–Crippen MR) is 53.9 cm³/mol. The van der Waals surface area contributed by atoms with E-state index in [0.29, 0.717) is 6.07 Å². The van der Waals surface area contributed by atoms with Crippen LogP contribution >= 0.6 is 22.6 Å². The Bertz CT molecular complexity index is 482. The molecule has 1 nitrogen and oxygen atoms in total. The van der Waals surface area contributed by atoms with Gasteiger partial charge in [-0.3, -0.25) is 0 Å². The lowest BCUT2D eigenvalue weighted by Crippen LogP contribution is -2.19. The molecule has 0 aliphatic heterocycles. The number of alkyl halides is 6. The van der Waals surface area contributed by atoms with Crippen LogP contribution in [0.1, 0.15) is 16.7 Å². The minimum absolute atomic E-state index is 0.176. The van der Waals surface area contributed by atoms with Crippen molar-refractivity contribution >= 4 is 22.6 Å². The summed E-state index contributed by atoms with van der Waals surface area (Å²) < 4.78 is 74.7. The van der Waals surface area contributed by atoms with Gasteiger partial charge < -0.3 is 0 Å². The van der Waals surface area contributed by atoms with Gasteiger partial charge in [-0.05, 0) is 34.7 Å². The van der Waals surface area contributed by atoms with Crippen LogP contribution in [-0.4, -0.2) is 0 Å². The molecule has 1 aromatic rings. The summed E-state index contributed by atoms with van der Waals surface area (Å²) in [4.78, 5) is 0. The first kappa shape index (κ1) is 14.1. The standard InChI is InChI=1S/C9H2F6IN/c10-8(11,12)5-1-2-6(16)4(3-17)7(5)9(13,14)15/h1-2H. The Balaban J connectivity index is 3.72. The number of hydrogen-bond donors (Lipinski definition) is 0. The quantitative estimate of drug-likeness (QED) is 0.500. The smallest absolute Gasteiger partial charge is 0.192 e. The number of rotatable bonds is 0. The average molecular weight is 365 g/mol. The van der Waals surface area contributed by atoms with E-state index in [1.165, 1.54) is 22.6 Å². The third-order valence-corrected chi connectivity index (χ3v) is 2.75. The Morgan fingerprint density at radius 2 is 1.53 bits per heavy atom. The fourth-order valence-electron chi connectivity index (χ4n) is 1.22. The predicted octanol–water partition coefficient (Wildman–Crippen LogP) is 4.20. The first-order valence-electron chi connectivity index (χ1n) is 3.96. The number of hydrogen-bond acceptors (Lipinski definition) is 1. The highest BCUT2D eigenvalue weighted by Crippen LogP contribution is 2.42. The van der Waals surface area contributed by atoms with Gasteiger partial charge in [-0.2, -0.15) is 31.6 Å². The molecule has 92 valence electrons. The molecular formula is C9H2F6IN. The van der Waals surface area contributed by atoms with Crippen LogP contribution in [0, 0.1) is 14.9 Å². The zero-order valence-corrected chi connectivity index (χ0v) is 9.91. The van der Waals surface area contributed by atoms with E-state index in [2.05, 4.69) is 0 Å². The SMILES string of the molecule is N#Cc1c(I)ccc(C(F)(F)F)c1C(F)(F)F. The number of benzene rings is 1. The van der Waals surface area contributed by atoms with E-state index < -0.39 is 29.0 Å². The molecule has 0 aliphatic carbocycles. The lowest BCUT2D eigenvalue weighted by Gasteiger charge is -2.17. The monoisotopic (exact) mass is 365 g/mol. The number of nitrogens with zero attached hydrogens (tertiary/aromatic N) is 1. The second-order valence-corrected chi connectivity index (χ2v) is 4.11. The molecule has 0 saturated carbocycles. The number of halogens is 7. The summed E-state index contributed by atoms with van der Waals surface area (Å²) in [5.41, 5.74) is -4.78. The van der Waals surface area contributed by atoms with Crippen molar-refractivity contribution in [3.63, 3.8) is 0 Å². The van der Waals surface area contributed by atoms with Crippen LogP contribution in [0.15, 0.2) is 12.1 Å². The van der Waals surface area contributed by atoms with E-state index in [0.717, 1.165) is 12.1 Å². The van der Waals surface area contributed by atoms with Gasteiger partial charge in [-0.1, -0.05) is 0 Å². The zero-order valence-electron chi connectivity index (χ0n) is 7.75. The molecule has 1 rings (SSSR count). The van der Waals surface area contributed by atoms with Crippen LogP contribution in [0.3, 0.4) is 0 Å². The van der Waals surface area contributed by atoms with E-state index in [1.54, 1.807) is 0 Å². The van der Waals surface area contributed by atoms with Gasteiger partial charge in [-0.15, -0.1) is 0 Å². The minimum atomic E-state index is -5.23. The van der Waals surface area contributed by atoms with Gasteiger partial charge in [-0.25, -0.2) is 0 Å². The Hall–Kier alpha value is -0.980. The molecule has 0 amide bonds. The van der Waals surface area contributed by atoms with E-state index in [-0.39, 0.29) is 3.57 Å². The number of nitriles is 1. The van der Waals surface area contributed by atoms with Gasteiger partial charge in [0.25, 0.3) is 0 Å². The van der Waals surface area contributed by atoms with Crippen molar-refractivity contribution in [2.24, 2.45) is 0 Å². The first-order valence-corrected chi connectivity index (χ1v) is 5.04. The van der Waals surface area contributed by atoms with Gasteiger partial charge in [0.05, 0.1) is 16.7 Å². The van der Waals surface area contributed by atoms with E-state index >= 15 is 0 Å². The van der Waals surface area contributed by atoms with Crippen LogP contribution < -0.4 is 0 Å². The molecule has 0 unspecified atom stereocenters. The topological polar surface area (TPSA) is 23.8 Å². The third-order valence-electron chi connectivity index (χ3n) is 1.86. The van der Waals surface area contributed by atoms with Crippen LogP contribution in [0.5, 0.6) is 0 Å². The fraction of sp³-hybridized carbons (Fsp3) is 0.222. The molecular weight excluding hydrogens is 363 g/mol. The first-order chi connectivity index (χ1) is 7.59. The Morgan fingerprint density at radius 3 is 1.88 bits per heavy atom. The van der Waals surface area contributed by atoms with Crippen LogP contribution in [0.4, 0.5) is 26.3 Å². The van der Waals surface area contributed by atoms with E-state index in [9.17, 15) is 26.3 Å². The van der Waals surface area contributed by atoms with Crippen molar-refractivity contribution in [3.8, 4) is 6.07 Å². The van der Waals surface area contributed by atoms with Crippen LogP contribution in [-0.2, 0) is 12.4 Å². The fourth-order valence-corrected chi connectivity index (χ4v) is 1.79. The molecule has 0 heterocycles. The summed E-state index contributed by atoms with van der Waals surface area (Å²) in [5.74, 6) is 0. The maximum atomic E-state index is 12.6. The van der Waals surface area contributed by atoms with Crippen molar-refractivity contribution < 1.29 is 26.3 Å². The minimum Gasteiger partial charge on any atom is -0.192 e. The molecule has 1 aromatic carbocycles. The molecule has 0 aromatic heterocycles. The summed E-state index contributed by atoms with van der Waals surface area (Å²) in [6.07, 6.45) is -10.4. The molecule has 0 saturated heterocycles. The van der Waals surface area contributed by atoms with E-state index in [1.807, 2.05) is 0 Å². The molecule has 0 bridgehead atoms. The second-order valence-electron chi connectivity index (χ2n) is 2.95. The lowest BCUT2D eigenvalue weighted by molar-refractivity contribution is -0.162. The second kappa shape index (κ2) is 4.36. The van der Waals surface area contributed by atoms with Crippen molar-refractivity contribution in [1.29, 1.82) is 5.26 Å². The highest BCUT2D eigenvalue weighted by Gasteiger charge is 2.45. The molecule has 0 radical (unpaired) electrons. The lowest BCUT2D eigenvalue weighted by atomic mass is 10.0. The van der Waals surface area contributed by atoms with Gasteiger partial charge in [0.15, 0.2) is 0 Å². The van der Waals surface area contributed by atoms with Gasteiger partial charge in [0, 0.05) is 3.57 Å². The molecule has 0 N–H and O–H groups in total. The summed E-state index contributed by atoms with van der Waals surface area (Å²) in [5, 5.41) is 8.53. The summed E-state index contributed by atoms with van der Waals surface area (Å²) in [7, 11) is 0. The average Bonchev–Trinajstić information content (AvgIpc) is 2.13. The Labute approximate surface area is 105 Å². The van der Waals surface area contributed by atoms with Crippen LogP contribution in [0.25, 0.3) is 0 Å². The Morgan fingerprint density at radius 1 is 1.00 bits per heavy atom. The molecule has 0 spiro atoms. The van der Waals surface area contributed by atoms with Gasteiger partial charge in [0.2, 0.25) is 0 Å². The molecule has 17 heavy (non-hydrogen) atoms. The maximum Gasteiger partial charge on any atom is 0.418 e. The van der Waals surface area contributed by atoms with Crippen LogP contribution in [0.2, 0.25) is 0 Å². The van der Waals surface area contributed by atoms with Crippen molar-refractivity contribution in [2.45, 2.75) is 12.4 Å². The molecule has 8 heteroatoms. The summed E-state index contributed by atoms with van der Waals surface area (Å²) in [6.45, 7) is 0. The van der Waals surface area contributed by atoms with Gasteiger partial charge >= 0.3 is 12.4 Å². The largest absolute Gasteiger partial charge is 0.418 e. The van der Waals surface area contributed by atoms with Crippen molar-refractivity contribution in [2.75, 3.05) is 0 Å². The molecule has 0 aliphatic rings. The Kier molecular flexibility index (Phi) is 3.61. The highest BCUT2D eigenvalue weighted by molar-refractivity contribution is 14.1. The zero-order chi connectivity index (χ0) is 13.4. The third kappa shape index (κ3) is 2.83.